The van der Waals surface area contributed by atoms with E-state index < -0.39 is 12.2 Å². The minimum Gasteiger partial charge on any atom is -0.508 e. The lowest BCUT2D eigenvalue weighted by Gasteiger charge is -2.17. The average Bonchev–Trinajstić information content (AvgIpc) is 1.65. The van der Waals surface area contributed by atoms with Crippen LogP contribution in [0, 0.1) is 46.3 Å². The number of aryl methyl sites for hydroxylation is 5. The molecule has 0 fully saturated rings. The first kappa shape index (κ1) is 95.0. The highest BCUT2D eigenvalue weighted by Gasteiger charge is 2.37. The Balaban J connectivity index is 0.000000120. The molecule has 698 valence electrons. The minimum atomic E-state index is -0.708. The Bertz CT molecular complexity index is 7510. The maximum atomic E-state index is 13.6. The number of hydrogen-bond acceptors (Lipinski definition) is 21. The van der Waals surface area contributed by atoms with Crippen molar-refractivity contribution in [2.24, 2.45) is 25.0 Å². The third-order valence-electron chi connectivity index (χ3n) is 24.0. The summed E-state index contributed by atoms with van der Waals surface area (Å²) in [5, 5.41) is 41.3. The Kier molecular flexibility index (Phi) is 28.3. The van der Waals surface area contributed by atoms with Gasteiger partial charge in [-0.2, -0.15) is 0 Å². The van der Waals surface area contributed by atoms with Crippen LogP contribution in [0.25, 0.3) is 66.8 Å². The number of carbonyl (C=O) groups excluding carboxylic acids is 4. The summed E-state index contributed by atoms with van der Waals surface area (Å²) in [5.74, 6) is 3.30. The van der Waals surface area contributed by atoms with E-state index in [2.05, 4.69) is 66.0 Å². The van der Waals surface area contributed by atoms with Crippen molar-refractivity contribution in [2.75, 3.05) is 6.54 Å². The molecule has 3 amide bonds. The van der Waals surface area contributed by atoms with Gasteiger partial charge in [0.1, 0.15) is 53.1 Å². The van der Waals surface area contributed by atoms with E-state index in [0.717, 1.165) is 185 Å². The highest BCUT2D eigenvalue weighted by Crippen LogP contribution is 2.48. The summed E-state index contributed by atoms with van der Waals surface area (Å²) in [6, 6.07) is 76.4. The lowest BCUT2D eigenvalue weighted by atomic mass is 9.90. The molecule has 0 bridgehead atoms. The first-order valence-electron chi connectivity index (χ1n) is 44.9. The first-order valence-corrected chi connectivity index (χ1v) is 46.1. The molecule has 139 heavy (non-hydrogen) atoms. The van der Waals surface area contributed by atoms with E-state index in [0.29, 0.717) is 63.2 Å². The number of hydrogen-bond donors (Lipinski definition) is 4. The number of aromatic hydroxyl groups is 1. The number of rotatable bonds is 15. The maximum Gasteiger partial charge on any atom is 0.316 e. The second kappa shape index (κ2) is 41.4. The van der Waals surface area contributed by atoms with Crippen LogP contribution < -0.4 is 20.7 Å². The van der Waals surface area contributed by atoms with Crippen LogP contribution in [0.5, 0.6) is 11.5 Å². The largest absolute Gasteiger partial charge is 0.508 e. The lowest BCUT2D eigenvalue weighted by molar-refractivity contribution is -0.121. The van der Waals surface area contributed by atoms with Crippen LogP contribution >= 0.6 is 34.8 Å². The number of halogens is 5. The minimum absolute atomic E-state index is 0.00742. The van der Waals surface area contributed by atoms with Crippen molar-refractivity contribution < 1.29 is 60.4 Å². The summed E-state index contributed by atoms with van der Waals surface area (Å²) >= 11 is 18.2. The van der Waals surface area contributed by atoms with Crippen LogP contribution in [0.15, 0.2) is 302 Å². The third kappa shape index (κ3) is 20.4. The molecule has 3 unspecified atom stereocenters. The van der Waals surface area contributed by atoms with Gasteiger partial charge in [0.2, 0.25) is 5.91 Å². The molecule has 0 saturated carbocycles. The molecule has 4 N–H and O–H groups in total. The number of phenolic OH excluding ortho intramolecular Hbond substituents is 1. The molecule has 0 aliphatic carbocycles. The highest BCUT2D eigenvalue weighted by atomic mass is 35.5. The Morgan fingerprint density at radius 2 is 0.748 bits per heavy atom. The van der Waals surface area contributed by atoms with Gasteiger partial charge in [0.15, 0.2) is 35.0 Å². The predicted octanol–water partition coefficient (Wildman–Crippen LogP) is 25.1. The zero-order chi connectivity index (χ0) is 97.6. The van der Waals surface area contributed by atoms with E-state index in [4.69, 9.17) is 87.1 Å². The SMILES string of the molecule is CC(=O)C[C@@H]1N=C(c2ccc(Cl)cc2)c2cc(O)ccc2-c2c(C)noc21.CC(=O)NC(C)C[C@@H]1N=C(c2ccc(Cl)cc2)c2ccccc2-c2c(C)noc21.CCNC(=O)NC1N=C(c2ccc(Cl)cc2)c2ccccc2-c2c(C)noc21.Cc1noc2c1-c1ccc(-c3ccc(OC=O)cc3)cc1C(c1ccc(F)cc1)=N[C@H]2C.Cc1noc2c1-c1ccccc1C(c1ccc(F)cc1)=NC2C. The maximum absolute atomic E-state index is 13.6. The molecule has 5 aromatic heterocycles. The number of ketones is 1. The van der Waals surface area contributed by atoms with E-state index in [1.807, 2.05) is 208 Å². The number of aliphatic imine (C=N–C) groups is 5. The van der Waals surface area contributed by atoms with Crippen LogP contribution in [0.1, 0.15) is 198 Å². The fraction of sp³-hybridized carbons (Fsp3) is 0.182. The van der Waals surface area contributed by atoms with Crippen molar-refractivity contribution >= 4 is 87.6 Å². The van der Waals surface area contributed by atoms with Gasteiger partial charge in [0, 0.05) is 96.6 Å². The van der Waals surface area contributed by atoms with Crippen molar-refractivity contribution in [1.29, 1.82) is 0 Å². The number of nitrogens with zero attached hydrogens (tertiary/aromatic N) is 10. The van der Waals surface area contributed by atoms with Gasteiger partial charge in [-0.25, -0.2) is 13.6 Å². The molecule has 5 aliphatic rings. The number of aromatic nitrogens is 5. The molecule has 29 heteroatoms. The smallest absolute Gasteiger partial charge is 0.316 e. The van der Waals surface area contributed by atoms with Crippen LogP contribution in [-0.4, -0.2) is 96.2 Å². The predicted molar refractivity (Wildman–Crippen MR) is 533 cm³/mol. The zero-order valence-corrected chi connectivity index (χ0v) is 79.6. The monoisotopic (exact) mass is 1910 g/mol. The molecule has 24 nitrogen and oxygen atoms in total. The van der Waals surface area contributed by atoms with E-state index in [-0.39, 0.29) is 65.7 Å². The number of amides is 3. The van der Waals surface area contributed by atoms with E-state index in [1.165, 1.54) is 38.1 Å². The number of ether oxygens (including phenoxy) is 1. The topological polar surface area (TPSA) is 326 Å². The standard InChI is InChI=1S/C26H19FN2O3.C23H22ClN3O2.C21H19ClN4O2.C21H17ClN2O3.C19H15FN2O/c1-15-24-22-12-7-19(17-5-10-21(11-6-17)31-14-30)13-23(22)25(18-3-8-20(27)9-4-18)28-16(2)26(24)32-29-15;1-13(25-15(3)28)12-20-23-21(14(2)27-29-23)18-6-4-5-7-19(18)22(26-20)16-8-10-17(24)11-9-16;1-3-23-21(27)25-20-19-17(12(2)26-28-19)15-6-4-5-7-16(15)18(24-20)13-8-10-14(22)11-9-13;1-11(25)9-18-21-19(12(2)24-27-21)16-8-7-15(26)10-17(16)20(23-18)13-3-5-14(22)6-4-13;1-11-17-15-5-3-4-6-16(15)18(13-7-9-14(20)10-8-13)21-12(2)19(17)23-22-11/h3-14,16H,1-2H3;4-11,13,20H,12H2,1-3H3,(H,25,28);4-11,20H,3H2,1-2H3,(H2,23,25,27);3-8,10,18,26H,9H2,1-2H3;3-10,12H,1-2H3/t16-;13?,20-;;18-;/m00.0./s1. The van der Waals surface area contributed by atoms with Gasteiger partial charge in [-0.1, -0.05) is 194 Å². The fourth-order valence-electron chi connectivity index (χ4n) is 17.8. The molecule has 0 radical (unpaired) electrons. The summed E-state index contributed by atoms with van der Waals surface area (Å²) in [6.07, 6.45) is 0.103. The van der Waals surface area contributed by atoms with Crippen LogP contribution in [-0.2, 0) is 14.4 Å². The summed E-state index contributed by atoms with van der Waals surface area (Å²) < 4.78 is 59.8. The summed E-state index contributed by atoms with van der Waals surface area (Å²) in [5.41, 5.74) is 28.4. The Morgan fingerprint density at radius 3 is 1.18 bits per heavy atom. The van der Waals surface area contributed by atoms with Crippen molar-refractivity contribution in [3.05, 3.63) is 394 Å². The number of benzene rings is 11. The van der Waals surface area contributed by atoms with Gasteiger partial charge >= 0.3 is 6.03 Å². The fourth-order valence-corrected chi connectivity index (χ4v) is 18.2. The van der Waals surface area contributed by atoms with Crippen molar-refractivity contribution in [3.8, 4) is 78.3 Å². The molecule has 0 saturated heterocycles. The van der Waals surface area contributed by atoms with E-state index in [1.54, 1.807) is 60.7 Å². The number of carbonyl (C=O) groups is 4. The van der Waals surface area contributed by atoms with Gasteiger partial charge in [-0.3, -0.25) is 39.3 Å². The molecule has 0 spiro atoms. The number of nitrogens with one attached hydrogen (secondary N) is 3. The molecule has 21 rings (SSSR count). The third-order valence-corrected chi connectivity index (χ3v) is 24.8. The molecular weight excluding hydrogens is 1820 g/mol. The van der Waals surface area contributed by atoms with Gasteiger partial charge in [0.25, 0.3) is 6.47 Å². The Hall–Kier alpha value is -15.8. The molecule has 16 aromatic rings. The van der Waals surface area contributed by atoms with E-state index in [9.17, 15) is 33.1 Å². The molecule has 10 heterocycles. The molecular formula is C110H92Cl3F2N13O11. The van der Waals surface area contributed by atoms with Gasteiger partial charge < -0.3 is 48.4 Å². The van der Waals surface area contributed by atoms with Crippen LogP contribution in [0.4, 0.5) is 13.6 Å². The second-order valence-corrected chi connectivity index (χ2v) is 35.2. The zero-order valence-electron chi connectivity index (χ0n) is 77.3. The van der Waals surface area contributed by atoms with Gasteiger partial charge in [-0.15, -0.1) is 0 Å². The van der Waals surface area contributed by atoms with E-state index >= 15 is 0 Å². The van der Waals surface area contributed by atoms with Crippen molar-refractivity contribution in [3.63, 3.8) is 0 Å². The van der Waals surface area contributed by atoms with Crippen molar-refractivity contribution in [2.45, 2.75) is 125 Å². The molecule has 6 atom stereocenters. The second-order valence-electron chi connectivity index (χ2n) is 33.9. The number of Topliss-reactive ketones (excluding diaryl/α,β-unsaturated/α-hetero) is 1. The van der Waals surface area contributed by atoms with Crippen molar-refractivity contribution in [1.82, 2.24) is 41.7 Å². The average molecular weight is 1920 g/mol. The first-order chi connectivity index (χ1) is 67.1. The number of urea groups is 1. The number of fused-ring (bicyclic) bond motifs is 15. The number of phenols is 1. The van der Waals surface area contributed by atoms with Crippen LogP contribution in [0.3, 0.4) is 0 Å². The normalized spacial score (nSPS) is 15.5. The molecule has 11 aromatic carbocycles. The quantitative estimate of drug-likeness (QED) is 0.0693. The molecule has 5 aliphatic heterocycles. The lowest BCUT2D eigenvalue weighted by Crippen LogP contribution is -2.37. The summed E-state index contributed by atoms with van der Waals surface area (Å²) in [7, 11) is 0. The van der Waals surface area contributed by atoms with Gasteiger partial charge in [-0.05, 0) is 236 Å². The summed E-state index contributed by atoms with van der Waals surface area (Å²) in [4.78, 5) is 70.8. The Morgan fingerprint density at radius 1 is 0.410 bits per heavy atom. The summed E-state index contributed by atoms with van der Waals surface area (Å²) in [6.45, 7) is 21.3. The highest BCUT2D eigenvalue weighted by molar-refractivity contribution is 6.32. The van der Waals surface area contributed by atoms with Gasteiger partial charge in [0.05, 0.1) is 84.8 Å². The Labute approximate surface area is 814 Å². The van der Waals surface area contributed by atoms with Crippen LogP contribution in [0.2, 0.25) is 15.1 Å².